The van der Waals surface area contributed by atoms with E-state index in [0.717, 1.165) is 25.2 Å². The van der Waals surface area contributed by atoms with Crippen LogP contribution in [0.3, 0.4) is 0 Å². The Morgan fingerprint density at radius 2 is 2.33 bits per heavy atom. The second kappa shape index (κ2) is 5.85. The molecule has 1 aromatic heterocycles. The Labute approximate surface area is 91.2 Å². The number of hydrazine groups is 1. The Hall–Kier alpha value is -0.910. The zero-order valence-electron chi connectivity index (χ0n) is 9.77. The van der Waals surface area contributed by atoms with Crippen LogP contribution in [0.25, 0.3) is 0 Å². The quantitative estimate of drug-likeness (QED) is 0.503. The summed E-state index contributed by atoms with van der Waals surface area (Å²) >= 11 is 0. The molecule has 0 aliphatic heterocycles. The van der Waals surface area contributed by atoms with Crippen LogP contribution in [0.1, 0.15) is 12.2 Å². The first-order valence-corrected chi connectivity index (χ1v) is 5.20. The molecule has 0 saturated heterocycles. The SMILES string of the molecule is CN(C)CCC(Cc1nccn1C)NN. The van der Waals surface area contributed by atoms with Crippen LogP contribution in [0, 0.1) is 0 Å². The molecule has 1 aromatic rings. The van der Waals surface area contributed by atoms with E-state index in [-0.39, 0.29) is 6.04 Å². The number of imidazole rings is 1. The summed E-state index contributed by atoms with van der Waals surface area (Å²) in [5.41, 5.74) is 2.84. The average Bonchev–Trinajstić information content (AvgIpc) is 2.58. The molecule has 0 radical (unpaired) electrons. The highest BCUT2D eigenvalue weighted by molar-refractivity contribution is 4.94. The van der Waals surface area contributed by atoms with Crippen molar-refractivity contribution < 1.29 is 0 Å². The number of hydrogen-bond acceptors (Lipinski definition) is 4. The standard InChI is InChI=1S/C10H21N5/c1-14(2)6-4-9(13-11)8-10-12-5-7-15(10)3/h5,7,9,13H,4,6,8,11H2,1-3H3. The van der Waals surface area contributed by atoms with Gasteiger partial charge < -0.3 is 9.47 Å². The van der Waals surface area contributed by atoms with Gasteiger partial charge in [-0.25, -0.2) is 4.98 Å². The van der Waals surface area contributed by atoms with E-state index in [1.807, 2.05) is 24.0 Å². The maximum absolute atomic E-state index is 5.52. The van der Waals surface area contributed by atoms with E-state index in [1.54, 1.807) is 0 Å². The van der Waals surface area contributed by atoms with Crippen molar-refractivity contribution in [2.24, 2.45) is 12.9 Å². The third-order valence-corrected chi connectivity index (χ3v) is 2.51. The number of nitrogens with zero attached hydrogens (tertiary/aromatic N) is 3. The van der Waals surface area contributed by atoms with Crippen LogP contribution in [-0.2, 0) is 13.5 Å². The number of aryl methyl sites for hydroxylation is 1. The molecule has 1 atom stereocenters. The highest BCUT2D eigenvalue weighted by Crippen LogP contribution is 2.02. The van der Waals surface area contributed by atoms with Crippen molar-refractivity contribution in [3.63, 3.8) is 0 Å². The van der Waals surface area contributed by atoms with Gasteiger partial charge in [-0.05, 0) is 27.1 Å². The molecule has 3 N–H and O–H groups in total. The Morgan fingerprint density at radius 1 is 1.60 bits per heavy atom. The Balaban J connectivity index is 2.43. The minimum atomic E-state index is 0.286. The van der Waals surface area contributed by atoms with Crippen LogP contribution in [0.5, 0.6) is 0 Å². The van der Waals surface area contributed by atoms with Crippen LogP contribution in [0.2, 0.25) is 0 Å². The zero-order chi connectivity index (χ0) is 11.3. The summed E-state index contributed by atoms with van der Waals surface area (Å²) in [6.45, 7) is 1.03. The first-order valence-electron chi connectivity index (χ1n) is 5.20. The summed E-state index contributed by atoms with van der Waals surface area (Å²) < 4.78 is 2.03. The normalized spacial score (nSPS) is 13.4. The summed E-state index contributed by atoms with van der Waals surface area (Å²) in [6.07, 6.45) is 5.66. The van der Waals surface area contributed by atoms with Crippen molar-refractivity contribution in [3.05, 3.63) is 18.2 Å². The summed E-state index contributed by atoms with van der Waals surface area (Å²) in [7, 11) is 6.13. The molecule has 0 fully saturated rings. The van der Waals surface area contributed by atoms with Crippen molar-refractivity contribution in [2.45, 2.75) is 18.9 Å². The monoisotopic (exact) mass is 211 g/mol. The van der Waals surface area contributed by atoms with Crippen molar-refractivity contribution in [1.82, 2.24) is 19.9 Å². The predicted molar refractivity (Wildman–Crippen MR) is 61.2 cm³/mol. The third kappa shape index (κ3) is 3.99. The molecular weight excluding hydrogens is 190 g/mol. The maximum atomic E-state index is 5.52. The van der Waals surface area contributed by atoms with E-state index in [1.165, 1.54) is 0 Å². The largest absolute Gasteiger partial charge is 0.338 e. The Kier molecular flexibility index (Phi) is 4.74. The number of nitrogens with two attached hydrogens (primary N) is 1. The van der Waals surface area contributed by atoms with Gasteiger partial charge in [-0.3, -0.25) is 11.3 Å². The fraction of sp³-hybridized carbons (Fsp3) is 0.700. The van der Waals surface area contributed by atoms with Gasteiger partial charge in [0.2, 0.25) is 0 Å². The van der Waals surface area contributed by atoms with Crippen LogP contribution < -0.4 is 11.3 Å². The lowest BCUT2D eigenvalue weighted by Gasteiger charge is -2.18. The summed E-state index contributed by atoms with van der Waals surface area (Å²) in [5, 5.41) is 0. The average molecular weight is 211 g/mol. The van der Waals surface area contributed by atoms with Gasteiger partial charge in [0.05, 0.1) is 0 Å². The minimum Gasteiger partial charge on any atom is -0.338 e. The summed E-state index contributed by atoms with van der Waals surface area (Å²) in [6, 6.07) is 0.286. The molecule has 15 heavy (non-hydrogen) atoms. The molecule has 1 rings (SSSR count). The van der Waals surface area contributed by atoms with Crippen molar-refractivity contribution >= 4 is 0 Å². The van der Waals surface area contributed by atoms with Crippen LogP contribution in [0.4, 0.5) is 0 Å². The van der Waals surface area contributed by atoms with E-state index in [2.05, 4.69) is 29.4 Å². The van der Waals surface area contributed by atoms with E-state index in [9.17, 15) is 0 Å². The maximum Gasteiger partial charge on any atom is 0.109 e. The molecule has 0 aliphatic rings. The van der Waals surface area contributed by atoms with Gasteiger partial charge in [-0.1, -0.05) is 0 Å². The highest BCUT2D eigenvalue weighted by Gasteiger charge is 2.10. The Morgan fingerprint density at radius 3 is 2.80 bits per heavy atom. The van der Waals surface area contributed by atoms with Gasteiger partial charge in [0.1, 0.15) is 5.82 Å². The first kappa shape index (κ1) is 12.2. The van der Waals surface area contributed by atoms with Gasteiger partial charge in [0.15, 0.2) is 0 Å². The molecular formula is C10H21N5. The van der Waals surface area contributed by atoms with E-state index < -0.39 is 0 Å². The molecule has 0 spiro atoms. The second-order valence-corrected chi connectivity index (χ2v) is 4.11. The molecule has 5 nitrogen and oxygen atoms in total. The molecule has 0 aliphatic carbocycles. The van der Waals surface area contributed by atoms with Crippen LogP contribution in [-0.4, -0.2) is 41.1 Å². The van der Waals surface area contributed by atoms with Crippen molar-refractivity contribution in [2.75, 3.05) is 20.6 Å². The lowest BCUT2D eigenvalue weighted by molar-refractivity contribution is 0.355. The number of aromatic nitrogens is 2. The molecule has 0 saturated carbocycles. The fourth-order valence-corrected chi connectivity index (χ4v) is 1.47. The van der Waals surface area contributed by atoms with Crippen LogP contribution >= 0.6 is 0 Å². The lowest BCUT2D eigenvalue weighted by atomic mass is 10.1. The van der Waals surface area contributed by atoms with Gasteiger partial charge in [0, 0.05) is 31.9 Å². The zero-order valence-corrected chi connectivity index (χ0v) is 9.77. The number of hydrogen-bond donors (Lipinski definition) is 2. The van der Waals surface area contributed by atoms with Gasteiger partial charge in [0.25, 0.3) is 0 Å². The molecule has 5 heteroatoms. The molecule has 0 bridgehead atoms. The summed E-state index contributed by atoms with van der Waals surface area (Å²) in [4.78, 5) is 6.44. The summed E-state index contributed by atoms with van der Waals surface area (Å²) in [5.74, 6) is 6.59. The molecule has 1 unspecified atom stereocenters. The van der Waals surface area contributed by atoms with Gasteiger partial charge >= 0.3 is 0 Å². The number of nitrogens with one attached hydrogen (secondary N) is 1. The topological polar surface area (TPSA) is 59.1 Å². The highest BCUT2D eigenvalue weighted by atomic mass is 15.2. The molecule has 1 heterocycles. The molecule has 86 valence electrons. The van der Waals surface area contributed by atoms with E-state index in [4.69, 9.17) is 5.84 Å². The smallest absolute Gasteiger partial charge is 0.109 e. The third-order valence-electron chi connectivity index (χ3n) is 2.51. The van der Waals surface area contributed by atoms with E-state index >= 15 is 0 Å². The van der Waals surface area contributed by atoms with Gasteiger partial charge in [-0.2, -0.15) is 0 Å². The second-order valence-electron chi connectivity index (χ2n) is 4.11. The number of rotatable bonds is 6. The first-order chi connectivity index (χ1) is 7.13. The van der Waals surface area contributed by atoms with Crippen molar-refractivity contribution in [3.8, 4) is 0 Å². The predicted octanol–water partition coefficient (Wildman–Crippen LogP) is -0.254. The fourth-order valence-electron chi connectivity index (χ4n) is 1.47. The van der Waals surface area contributed by atoms with Crippen LogP contribution in [0.15, 0.2) is 12.4 Å². The lowest BCUT2D eigenvalue weighted by Crippen LogP contribution is -2.39. The minimum absolute atomic E-state index is 0.286. The molecule has 0 amide bonds. The molecule has 0 aromatic carbocycles. The Bertz CT molecular complexity index is 281. The van der Waals surface area contributed by atoms with E-state index in [0.29, 0.717) is 0 Å². The van der Waals surface area contributed by atoms with Crippen molar-refractivity contribution in [1.29, 1.82) is 0 Å². The van der Waals surface area contributed by atoms with Gasteiger partial charge in [-0.15, -0.1) is 0 Å².